The Morgan fingerprint density at radius 2 is 1.94 bits per heavy atom. The van der Waals surface area contributed by atoms with Gasteiger partial charge in [-0.1, -0.05) is 29.8 Å². The van der Waals surface area contributed by atoms with E-state index in [2.05, 4.69) is 4.90 Å². The highest BCUT2D eigenvalue weighted by atomic mass is 35.5. The average molecular weight is 256 g/mol. The summed E-state index contributed by atoms with van der Waals surface area (Å²) in [6, 6.07) is 7.38. The van der Waals surface area contributed by atoms with E-state index in [0.29, 0.717) is 11.6 Å². The monoisotopic (exact) mass is 255 g/mol. The SMILES string of the molecule is OC1CCN(C[C@H](O)c2ccccc2Cl)CC1. The van der Waals surface area contributed by atoms with E-state index in [-0.39, 0.29) is 6.10 Å². The van der Waals surface area contributed by atoms with Crippen molar-refractivity contribution in [3.8, 4) is 0 Å². The molecule has 3 nitrogen and oxygen atoms in total. The first-order chi connectivity index (χ1) is 8.16. The number of β-amino-alcohol motifs (C(OH)–C–C–N with tert-alkyl or cyclic N) is 1. The van der Waals surface area contributed by atoms with Gasteiger partial charge in [-0.25, -0.2) is 0 Å². The summed E-state index contributed by atoms with van der Waals surface area (Å²) in [6.07, 6.45) is 0.840. The van der Waals surface area contributed by atoms with E-state index in [9.17, 15) is 10.2 Å². The molecule has 0 saturated carbocycles. The minimum Gasteiger partial charge on any atom is -0.393 e. The van der Waals surface area contributed by atoms with E-state index in [4.69, 9.17) is 11.6 Å². The van der Waals surface area contributed by atoms with Crippen LogP contribution in [0.2, 0.25) is 5.02 Å². The molecule has 1 atom stereocenters. The topological polar surface area (TPSA) is 43.7 Å². The zero-order chi connectivity index (χ0) is 12.3. The molecule has 1 aliphatic heterocycles. The predicted molar refractivity (Wildman–Crippen MR) is 68.1 cm³/mol. The molecule has 1 saturated heterocycles. The Labute approximate surface area is 107 Å². The molecule has 0 aromatic heterocycles. The van der Waals surface area contributed by atoms with Crippen LogP contribution in [0.1, 0.15) is 24.5 Å². The van der Waals surface area contributed by atoms with E-state index >= 15 is 0 Å². The Morgan fingerprint density at radius 1 is 1.29 bits per heavy atom. The summed E-state index contributed by atoms with van der Waals surface area (Å²) >= 11 is 6.04. The molecular formula is C13H18ClNO2. The van der Waals surface area contributed by atoms with Crippen LogP contribution in [-0.4, -0.2) is 40.9 Å². The normalized spacial score (nSPS) is 20.4. The van der Waals surface area contributed by atoms with Gasteiger partial charge in [-0.15, -0.1) is 0 Å². The fraction of sp³-hybridized carbons (Fsp3) is 0.538. The molecule has 1 aliphatic rings. The van der Waals surface area contributed by atoms with Gasteiger partial charge in [0, 0.05) is 30.2 Å². The minimum atomic E-state index is -0.557. The zero-order valence-corrected chi connectivity index (χ0v) is 10.5. The van der Waals surface area contributed by atoms with Gasteiger partial charge in [0.05, 0.1) is 12.2 Å². The second-order valence-electron chi connectivity index (χ2n) is 4.57. The van der Waals surface area contributed by atoms with E-state index in [1.807, 2.05) is 18.2 Å². The number of likely N-dealkylation sites (tertiary alicyclic amines) is 1. The van der Waals surface area contributed by atoms with E-state index in [0.717, 1.165) is 31.5 Å². The van der Waals surface area contributed by atoms with Crippen LogP contribution in [0.4, 0.5) is 0 Å². The number of hydrogen-bond acceptors (Lipinski definition) is 3. The summed E-state index contributed by atoms with van der Waals surface area (Å²) in [5.41, 5.74) is 0.778. The zero-order valence-electron chi connectivity index (χ0n) is 9.72. The average Bonchev–Trinajstić information content (AvgIpc) is 2.32. The van der Waals surface area contributed by atoms with Gasteiger partial charge in [-0.3, -0.25) is 0 Å². The number of benzene rings is 1. The molecule has 1 fully saturated rings. The van der Waals surface area contributed by atoms with Crippen LogP contribution in [0, 0.1) is 0 Å². The molecule has 17 heavy (non-hydrogen) atoms. The van der Waals surface area contributed by atoms with E-state index < -0.39 is 6.10 Å². The van der Waals surface area contributed by atoms with Crippen molar-refractivity contribution < 1.29 is 10.2 Å². The number of aliphatic hydroxyl groups excluding tert-OH is 2. The van der Waals surface area contributed by atoms with Gasteiger partial charge in [0.2, 0.25) is 0 Å². The molecule has 1 aromatic rings. The fourth-order valence-corrected chi connectivity index (χ4v) is 2.45. The third kappa shape index (κ3) is 3.42. The lowest BCUT2D eigenvalue weighted by molar-refractivity contribution is 0.0508. The smallest absolute Gasteiger partial charge is 0.0931 e. The van der Waals surface area contributed by atoms with Crippen LogP contribution in [0.15, 0.2) is 24.3 Å². The molecule has 2 rings (SSSR count). The van der Waals surface area contributed by atoms with Gasteiger partial charge in [-0.2, -0.15) is 0 Å². The minimum absolute atomic E-state index is 0.177. The van der Waals surface area contributed by atoms with Crippen molar-refractivity contribution in [2.45, 2.75) is 25.0 Å². The maximum Gasteiger partial charge on any atom is 0.0931 e. The molecule has 1 aromatic carbocycles. The molecule has 0 aliphatic carbocycles. The summed E-state index contributed by atoms with van der Waals surface area (Å²) < 4.78 is 0. The predicted octanol–water partition coefficient (Wildman–Crippen LogP) is 1.83. The van der Waals surface area contributed by atoms with Crippen molar-refractivity contribution in [3.63, 3.8) is 0 Å². The van der Waals surface area contributed by atoms with Crippen LogP contribution in [0.3, 0.4) is 0 Å². The number of piperidine rings is 1. The van der Waals surface area contributed by atoms with E-state index in [1.54, 1.807) is 6.07 Å². The number of hydrogen-bond donors (Lipinski definition) is 2. The van der Waals surface area contributed by atoms with Crippen LogP contribution >= 0.6 is 11.6 Å². The van der Waals surface area contributed by atoms with Gasteiger partial charge in [0.1, 0.15) is 0 Å². The van der Waals surface area contributed by atoms with Crippen LogP contribution in [0.25, 0.3) is 0 Å². The standard InChI is InChI=1S/C13H18ClNO2/c14-12-4-2-1-3-11(12)13(17)9-15-7-5-10(16)6-8-15/h1-4,10,13,16-17H,5-9H2/t13-/m0/s1. The third-order valence-electron chi connectivity index (χ3n) is 3.25. The maximum atomic E-state index is 10.1. The maximum absolute atomic E-state index is 10.1. The fourth-order valence-electron chi connectivity index (χ4n) is 2.19. The van der Waals surface area contributed by atoms with Crippen molar-refractivity contribution >= 4 is 11.6 Å². The molecule has 4 heteroatoms. The lowest BCUT2D eigenvalue weighted by atomic mass is 10.1. The summed E-state index contributed by atoms with van der Waals surface area (Å²) in [5, 5.41) is 20.2. The number of halogens is 1. The second kappa shape index (κ2) is 5.83. The lowest BCUT2D eigenvalue weighted by Gasteiger charge is -2.31. The molecule has 0 unspecified atom stereocenters. The third-order valence-corrected chi connectivity index (χ3v) is 3.60. The Hall–Kier alpha value is -0.610. The highest BCUT2D eigenvalue weighted by Crippen LogP contribution is 2.24. The Morgan fingerprint density at radius 3 is 2.59 bits per heavy atom. The number of nitrogens with zero attached hydrogens (tertiary/aromatic N) is 1. The Kier molecular flexibility index (Phi) is 4.40. The van der Waals surface area contributed by atoms with Gasteiger partial charge >= 0.3 is 0 Å². The summed E-state index contributed by atoms with van der Waals surface area (Å²) in [5.74, 6) is 0. The summed E-state index contributed by atoms with van der Waals surface area (Å²) in [7, 11) is 0. The first-order valence-corrected chi connectivity index (χ1v) is 6.37. The van der Waals surface area contributed by atoms with Crippen LogP contribution in [-0.2, 0) is 0 Å². The second-order valence-corrected chi connectivity index (χ2v) is 4.98. The van der Waals surface area contributed by atoms with Crippen molar-refractivity contribution in [1.29, 1.82) is 0 Å². The Bertz CT molecular complexity index is 364. The molecule has 1 heterocycles. The number of aliphatic hydroxyl groups is 2. The summed E-state index contributed by atoms with van der Waals surface area (Å²) in [4.78, 5) is 2.17. The molecule has 0 amide bonds. The van der Waals surface area contributed by atoms with Gasteiger partial charge in [0.25, 0.3) is 0 Å². The van der Waals surface area contributed by atoms with Crippen molar-refractivity contribution in [1.82, 2.24) is 4.90 Å². The first kappa shape index (κ1) is 12.8. The molecule has 0 radical (unpaired) electrons. The molecular weight excluding hydrogens is 238 g/mol. The van der Waals surface area contributed by atoms with Gasteiger partial charge < -0.3 is 15.1 Å². The van der Waals surface area contributed by atoms with E-state index in [1.165, 1.54) is 0 Å². The van der Waals surface area contributed by atoms with Crippen molar-refractivity contribution in [3.05, 3.63) is 34.9 Å². The molecule has 94 valence electrons. The molecule has 2 N–H and O–H groups in total. The molecule has 0 bridgehead atoms. The Balaban J connectivity index is 1.93. The largest absolute Gasteiger partial charge is 0.393 e. The van der Waals surface area contributed by atoms with Gasteiger partial charge in [-0.05, 0) is 18.9 Å². The quantitative estimate of drug-likeness (QED) is 0.866. The highest BCUT2D eigenvalue weighted by Gasteiger charge is 2.20. The van der Waals surface area contributed by atoms with Crippen molar-refractivity contribution in [2.24, 2.45) is 0 Å². The highest BCUT2D eigenvalue weighted by molar-refractivity contribution is 6.31. The summed E-state index contributed by atoms with van der Waals surface area (Å²) in [6.45, 7) is 2.25. The first-order valence-electron chi connectivity index (χ1n) is 5.99. The van der Waals surface area contributed by atoms with Crippen LogP contribution in [0.5, 0.6) is 0 Å². The lowest BCUT2D eigenvalue weighted by Crippen LogP contribution is -2.38. The van der Waals surface area contributed by atoms with Crippen molar-refractivity contribution in [2.75, 3.05) is 19.6 Å². The molecule has 0 spiro atoms. The van der Waals surface area contributed by atoms with Crippen LogP contribution < -0.4 is 0 Å². The number of rotatable bonds is 3. The van der Waals surface area contributed by atoms with Gasteiger partial charge in [0.15, 0.2) is 0 Å².